The van der Waals surface area contributed by atoms with Gasteiger partial charge in [-0.3, -0.25) is 4.79 Å². The van der Waals surface area contributed by atoms with E-state index in [0.29, 0.717) is 6.42 Å². The predicted octanol–water partition coefficient (Wildman–Crippen LogP) is 8.33. The Morgan fingerprint density at radius 2 is 1.11 bits per heavy atom. The summed E-state index contributed by atoms with van der Waals surface area (Å²) in [5, 5.41) is 22.7. The van der Waals surface area contributed by atoms with Gasteiger partial charge in [0.25, 0.3) is 0 Å². The van der Waals surface area contributed by atoms with Crippen molar-refractivity contribution in [3.05, 3.63) is 36.5 Å². The number of aliphatic hydroxyl groups excluding tert-OH is 2. The Labute approximate surface area is 223 Å². The van der Waals surface area contributed by atoms with Crippen molar-refractivity contribution in [2.24, 2.45) is 0 Å². The number of nitrogens with one attached hydrogen (secondary N) is 1. The molecule has 0 aromatic heterocycles. The van der Waals surface area contributed by atoms with Gasteiger partial charge in [-0.25, -0.2) is 0 Å². The second-order valence-corrected chi connectivity index (χ2v) is 10.2. The van der Waals surface area contributed by atoms with E-state index in [1.165, 1.54) is 83.5 Å². The summed E-state index contributed by atoms with van der Waals surface area (Å²) in [6.07, 6.45) is 35.0. The lowest BCUT2D eigenvalue weighted by Crippen LogP contribution is -2.45. The van der Waals surface area contributed by atoms with Crippen molar-refractivity contribution < 1.29 is 15.0 Å². The number of amides is 1. The molecule has 4 nitrogen and oxygen atoms in total. The molecule has 0 rings (SSSR count). The Kier molecular flexibility index (Phi) is 27.1. The van der Waals surface area contributed by atoms with Crippen LogP contribution >= 0.6 is 0 Å². The maximum absolute atomic E-state index is 12.2. The van der Waals surface area contributed by atoms with Gasteiger partial charge in [0.15, 0.2) is 0 Å². The van der Waals surface area contributed by atoms with Crippen LogP contribution in [0.1, 0.15) is 142 Å². The van der Waals surface area contributed by atoms with Gasteiger partial charge in [0.05, 0.1) is 18.8 Å². The Hall–Kier alpha value is -1.39. The molecule has 0 aromatic rings. The molecule has 0 aliphatic rings. The lowest BCUT2D eigenvalue weighted by atomic mass is 10.1. The standard InChI is InChI=1S/C32H59NO3/c1-3-5-7-9-11-13-14-15-16-17-18-20-22-24-26-28-32(36)33-30(29-34)31(35)27-25-23-21-19-12-10-8-6-4-2/h11,13-15,25,27,30-31,34-35H,3-10,12,16-24,26,28-29H2,1-2H3,(H,33,36)/b13-11-,15-14-,27-25+. The molecule has 0 aromatic carbocycles. The molecule has 2 atom stereocenters. The van der Waals surface area contributed by atoms with Crippen LogP contribution in [-0.4, -0.2) is 34.9 Å². The van der Waals surface area contributed by atoms with Crippen molar-refractivity contribution in [1.82, 2.24) is 5.32 Å². The summed E-state index contributed by atoms with van der Waals surface area (Å²) in [6.45, 7) is 4.21. The molecule has 0 aliphatic carbocycles. The summed E-state index contributed by atoms with van der Waals surface area (Å²) in [4.78, 5) is 12.2. The van der Waals surface area contributed by atoms with E-state index >= 15 is 0 Å². The number of hydrogen-bond donors (Lipinski definition) is 3. The summed E-state index contributed by atoms with van der Waals surface area (Å²) >= 11 is 0. The van der Waals surface area contributed by atoms with Crippen molar-refractivity contribution in [3.8, 4) is 0 Å². The molecule has 0 saturated heterocycles. The van der Waals surface area contributed by atoms with Crippen molar-refractivity contribution in [2.45, 2.75) is 154 Å². The van der Waals surface area contributed by atoms with Gasteiger partial charge in [-0.15, -0.1) is 0 Å². The molecule has 0 saturated carbocycles. The van der Waals surface area contributed by atoms with E-state index in [2.05, 4.69) is 43.5 Å². The second kappa shape index (κ2) is 28.2. The third-order valence-electron chi connectivity index (χ3n) is 6.65. The minimum absolute atomic E-state index is 0.0820. The minimum atomic E-state index is -0.839. The summed E-state index contributed by atoms with van der Waals surface area (Å²) in [5.41, 5.74) is 0. The normalized spacial score (nSPS) is 13.8. The fourth-order valence-electron chi connectivity index (χ4n) is 4.22. The van der Waals surface area contributed by atoms with E-state index in [1.807, 2.05) is 6.08 Å². The van der Waals surface area contributed by atoms with Gasteiger partial charge in [-0.1, -0.05) is 127 Å². The van der Waals surface area contributed by atoms with Gasteiger partial charge in [0.2, 0.25) is 5.91 Å². The molecule has 0 spiro atoms. The smallest absolute Gasteiger partial charge is 0.220 e. The van der Waals surface area contributed by atoms with Gasteiger partial charge >= 0.3 is 0 Å². The Morgan fingerprint density at radius 1 is 0.667 bits per heavy atom. The lowest BCUT2D eigenvalue weighted by Gasteiger charge is -2.20. The molecule has 36 heavy (non-hydrogen) atoms. The first-order valence-corrected chi connectivity index (χ1v) is 15.2. The van der Waals surface area contributed by atoms with E-state index in [9.17, 15) is 15.0 Å². The fraction of sp³-hybridized carbons (Fsp3) is 0.781. The molecule has 0 radical (unpaired) electrons. The first-order valence-electron chi connectivity index (χ1n) is 15.2. The van der Waals surface area contributed by atoms with Crippen LogP contribution in [0, 0.1) is 0 Å². The van der Waals surface area contributed by atoms with Crippen LogP contribution in [0.4, 0.5) is 0 Å². The van der Waals surface area contributed by atoms with Crippen LogP contribution < -0.4 is 5.32 Å². The Bertz CT molecular complexity index is 556. The average Bonchev–Trinajstić information content (AvgIpc) is 2.88. The third kappa shape index (κ3) is 24.3. The Morgan fingerprint density at radius 3 is 1.67 bits per heavy atom. The molecule has 210 valence electrons. The third-order valence-corrected chi connectivity index (χ3v) is 6.65. The molecule has 0 fully saturated rings. The molecule has 3 N–H and O–H groups in total. The highest BCUT2D eigenvalue weighted by Crippen LogP contribution is 2.11. The number of allylic oxidation sites excluding steroid dienone is 5. The van der Waals surface area contributed by atoms with E-state index in [4.69, 9.17) is 0 Å². The molecular weight excluding hydrogens is 446 g/mol. The van der Waals surface area contributed by atoms with Crippen LogP contribution in [0.5, 0.6) is 0 Å². The monoisotopic (exact) mass is 505 g/mol. The van der Waals surface area contributed by atoms with Crippen molar-refractivity contribution >= 4 is 5.91 Å². The largest absolute Gasteiger partial charge is 0.394 e. The first kappa shape index (κ1) is 34.6. The number of rotatable bonds is 26. The van der Waals surface area contributed by atoms with E-state index in [1.54, 1.807) is 6.08 Å². The molecular formula is C32H59NO3. The maximum Gasteiger partial charge on any atom is 0.220 e. The van der Waals surface area contributed by atoms with E-state index in [-0.39, 0.29) is 12.5 Å². The average molecular weight is 506 g/mol. The van der Waals surface area contributed by atoms with Crippen molar-refractivity contribution in [3.63, 3.8) is 0 Å². The summed E-state index contributed by atoms with van der Waals surface area (Å²) in [5.74, 6) is -0.0820. The first-order chi connectivity index (χ1) is 17.7. The van der Waals surface area contributed by atoms with Crippen LogP contribution in [0.2, 0.25) is 0 Å². The zero-order chi connectivity index (χ0) is 26.5. The SMILES string of the molecule is CCCCC/C=C\C=C/CCCCCCCCC(=O)NC(CO)C(O)/C=C/CCCCCCCCC. The molecule has 0 bridgehead atoms. The second-order valence-electron chi connectivity index (χ2n) is 10.2. The Balaban J connectivity index is 3.71. The number of unbranched alkanes of at least 4 members (excludes halogenated alkanes) is 16. The van der Waals surface area contributed by atoms with Crippen LogP contribution in [0.15, 0.2) is 36.5 Å². The number of carbonyl (C=O) groups is 1. The predicted molar refractivity (Wildman–Crippen MR) is 156 cm³/mol. The fourth-order valence-corrected chi connectivity index (χ4v) is 4.22. The topological polar surface area (TPSA) is 69.6 Å². The summed E-state index contributed by atoms with van der Waals surface area (Å²) in [6, 6.07) is -0.623. The lowest BCUT2D eigenvalue weighted by molar-refractivity contribution is -0.123. The number of aliphatic hydroxyl groups is 2. The highest BCUT2D eigenvalue weighted by Gasteiger charge is 2.17. The van der Waals surface area contributed by atoms with Gasteiger partial charge in [-0.2, -0.15) is 0 Å². The van der Waals surface area contributed by atoms with Gasteiger partial charge in [0.1, 0.15) is 0 Å². The summed E-state index contributed by atoms with van der Waals surface area (Å²) < 4.78 is 0. The van der Waals surface area contributed by atoms with Gasteiger partial charge in [-0.05, 0) is 44.9 Å². The van der Waals surface area contributed by atoms with Crippen molar-refractivity contribution in [2.75, 3.05) is 6.61 Å². The van der Waals surface area contributed by atoms with E-state index in [0.717, 1.165) is 38.5 Å². The van der Waals surface area contributed by atoms with E-state index < -0.39 is 12.1 Å². The highest BCUT2D eigenvalue weighted by molar-refractivity contribution is 5.76. The number of hydrogen-bond acceptors (Lipinski definition) is 3. The minimum Gasteiger partial charge on any atom is -0.394 e. The molecule has 0 heterocycles. The molecule has 4 heteroatoms. The zero-order valence-corrected chi connectivity index (χ0v) is 23.8. The number of carbonyl (C=O) groups excluding carboxylic acids is 1. The van der Waals surface area contributed by atoms with Crippen molar-refractivity contribution in [1.29, 1.82) is 0 Å². The molecule has 1 amide bonds. The van der Waals surface area contributed by atoms with Gasteiger partial charge < -0.3 is 15.5 Å². The molecule has 2 unspecified atom stereocenters. The van der Waals surface area contributed by atoms with Crippen LogP contribution in [0.25, 0.3) is 0 Å². The van der Waals surface area contributed by atoms with Crippen LogP contribution in [0.3, 0.4) is 0 Å². The quantitative estimate of drug-likeness (QED) is 0.0628. The maximum atomic E-state index is 12.2. The molecule has 0 aliphatic heterocycles. The van der Waals surface area contributed by atoms with Gasteiger partial charge in [0, 0.05) is 6.42 Å². The highest BCUT2D eigenvalue weighted by atomic mass is 16.3. The zero-order valence-electron chi connectivity index (χ0n) is 23.8. The van der Waals surface area contributed by atoms with Crippen LogP contribution in [-0.2, 0) is 4.79 Å². The summed E-state index contributed by atoms with van der Waals surface area (Å²) in [7, 11) is 0.